The molecule has 7 heteroatoms. The molecule has 2 saturated heterocycles. The Labute approximate surface area is 122 Å². The quantitative estimate of drug-likeness (QED) is 0.282. The van der Waals surface area contributed by atoms with Gasteiger partial charge in [-0.2, -0.15) is 0 Å². The van der Waals surface area contributed by atoms with Gasteiger partial charge in [0.05, 0.1) is 13.2 Å². The summed E-state index contributed by atoms with van der Waals surface area (Å²) in [4.78, 5) is 23.1. The molecule has 0 amide bonds. The molecule has 0 saturated carbocycles. The minimum Gasteiger partial charge on any atom is -0.429 e. The first-order chi connectivity index (χ1) is 9.88. The van der Waals surface area contributed by atoms with Gasteiger partial charge in [-0.3, -0.25) is 4.74 Å². The van der Waals surface area contributed by atoms with Crippen LogP contribution in [0.25, 0.3) is 0 Å². The lowest BCUT2D eigenvalue weighted by atomic mass is 10.3. The van der Waals surface area contributed by atoms with E-state index in [1.54, 1.807) is 0 Å². The molecule has 0 aromatic rings. The average molecular weight is 298 g/mol. The van der Waals surface area contributed by atoms with Crippen molar-refractivity contribution in [2.45, 2.75) is 38.6 Å². The van der Waals surface area contributed by atoms with Gasteiger partial charge >= 0.3 is 11.9 Å². The molecule has 0 aromatic heterocycles. The molecule has 2 rings (SSSR count). The first-order valence-corrected chi connectivity index (χ1v) is 6.50. The molecule has 0 bridgehead atoms. The van der Waals surface area contributed by atoms with Crippen LogP contribution in [0, 0.1) is 0 Å². The van der Waals surface area contributed by atoms with Crippen LogP contribution in [0.5, 0.6) is 0 Å². The number of epoxide rings is 2. The van der Waals surface area contributed by atoms with E-state index in [1.807, 2.05) is 0 Å². The van der Waals surface area contributed by atoms with Gasteiger partial charge in [-0.05, 0) is 13.8 Å². The zero-order chi connectivity index (χ0) is 15.6. The van der Waals surface area contributed by atoms with Crippen molar-refractivity contribution in [2.24, 2.45) is 0 Å². The predicted molar refractivity (Wildman–Crippen MR) is 70.0 cm³/mol. The van der Waals surface area contributed by atoms with Gasteiger partial charge in [0, 0.05) is 11.1 Å². The van der Waals surface area contributed by atoms with Crippen molar-refractivity contribution < 1.29 is 33.3 Å². The van der Waals surface area contributed by atoms with E-state index < -0.39 is 24.5 Å². The van der Waals surface area contributed by atoms with Crippen molar-refractivity contribution in [3.05, 3.63) is 24.3 Å². The summed E-state index contributed by atoms with van der Waals surface area (Å²) in [5.74, 6) is -1.20. The summed E-state index contributed by atoms with van der Waals surface area (Å²) in [6, 6.07) is 0. The zero-order valence-corrected chi connectivity index (χ0v) is 12.0. The standard InChI is InChI=1S/C14H18O7/c1-7(2)11(15)19-13(9-5-17-9)21-14(10-6-18-10)20-12(16)8(3)4/h9-10,13-14H,1,3,5-6H2,2,4H3. The van der Waals surface area contributed by atoms with Crippen LogP contribution in [0.2, 0.25) is 0 Å². The van der Waals surface area contributed by atoms with Gasteiger partial charge in [-0.15, -0.1) is 0 Å². The number of hydrogen-bond donors (Lipinski definition) is 0. The van der Waals surface area contributed by atoms with Gasteiger partial charge in [-0.1, -0.05) is 13.2 Å². The van der Waals surface area contributed by atoms with Crippen LogP contribution in [0.1, 0.15) is 13.8 Å². The Hall–Kier alpha value is -1.70. The Bertz CT molecular complexity index is 420. The number of esters is 2. The van der Waals surface area contributed by atoms with E-state index in [0.717, 1.165) is 0 Å². The van der Waals surface area contributed by atoms with E-state index in [1.165, 1.54) is 13.8 Å². The topological polar surface area (TPSA) is 86.9 Å². The van der Waals surface area contributed by atoms with Crippen molar-refractivity contribution in [1.29, 1.82) is 0 Å². The zero-order valence-electron chi connectivity index (χ0n) is 12.0. The van der Waals surface area contributed by atoms with Gasteiger partial charge in [-0.25, -0.2) is 9.59 Å². The molecule has 116 valence electrons. The Morgan fingerprint density at radius 1 is 0.952 bits per heavy atom. The van der Waals surface area contributed by atoms with Gasteiger partial charge in [0.1, 0.15) is 12.2 Å². The molecular formula is C14H18O7. The second-order valence-corrected chi connectivity index (χ2v) is 4.99. The molecule has 0 aliphatic carbocycles. The highest BCUT2D eigenvalue weighted by molar-refractivity contribution is 5.87. The molecule has 4 unspecified atom stereocenters. The lowest BCUT2D eigenvalue weighted by molar-refractivity contribution is -0.243. The van der Waals surface area contributed by atoms with Crippen molar-refractivity contribution in [3.8, 4) is 0 Å². The highest BCUT2D eigenvalue weighted by atomic mass is 16.8. The number of rotatable bonds is 8. The third kappa shape index (κ3) is 4.66. The number of carbonyl (C=O) groups is 2. The van der Waals surface area contributed by atoms with Crippen LogP contribution in [0.3, 0.4) is 0 Å². The Balaban J connectivity index is 1.95. The number of ether oxygens (including phenoxy) is 5. The molecule has 0 spiro atoms. The SMILES string of the molecule is C=C(C)C(=O)OC(OC(OC(=O)C(=C)C)C1CO1)C1CO1. The van der Waals surface area contributed by atoms with E-state index in [4.69, 9.17) is 23.7 Å². The molecule has 0 aromatic carbocycles. The van der Waals surface area contributed by atoms with E-state index >= 15 is 0 Å². The maximum atomic E-state index is 11.6. The second-order valence-electron chi connectivity index (χ2n) is 4.99. The average Bonchev–Trinajstić information content (AvgIpc) is 3.29. The summed E-state index contributed by atoms with van der Waals surface area (Å²) in [7, 11) is 0. The molecule has 7 nitrogen and oxygen atoms in total. The maximum Gasteiger partial charge on any atom is 0.335 e. The summed E-state index contributed by atoms with van der Waals surface area (Å²) in [6.45, 7) is 10.8. The monoisotopic (exact) mass is 298 g/mol. The smallest absolute Gasteiger partial charge is 0.335 e. The van der Waals surface area contributed by atoms with Crippen LogP contribution < -0.4 is 0 Å². The summed E-state index contributed by atoms with van der Waals surface area (Å²) in [5.41, 5.74) is 0.477. The van der Waals surface area contributed by atoms with Crippen LogP contribution in [-0.2, 0) is 33.3 Å². The van der Waals surface area contributed by atoms with Gasteiger partial charge in [0.15, 0.2) is 0 Å². The molecule has 0 N–H and O–H groups in total. The van der Waals surface area contributed by atoms with Gasteiger partial charge in [0.2, 0.25) is 12.6 Å². The number of hydrogen-bond acceptors (Lipinski definition) is 7. The van der Waals surface area contributed by atoms with Crippen molar-refractivity contribution in [2.75, 3.05) is 13.2 Å². The fraction of sp³-hybridized carbons (Fsp3) is 0.571. The fourth-order valence-corrected chi connectivity index (χ4v) is 1.35. The van der Waals surface area contributed by atoms with E-state index in [9.17, 15) is 9.59 Å². The Morgan fingerprint density at radius 2 is 1.29 bits per heavy atom. The first kappa shape index (κ1) is 15.7. The summed E-state index contributed by atoms with van der Waals surface area (Å²) in [5, 5.41) is 0. The van der Waals surface area contributed by atoms with E-state index in [-0.39, 0.29) is 23.4 Å². The molecule has 4 atom stereocenters. The molecule has 2 heterocycles. The molecule has 0 radical (unpaired) electrons. The molecule has 2 fully saturated rings. The van der Waals surface area contributed by atoms with Gasteiger partial charge in [0.25, 0.3) is 0 Å². The predicted octanol–water partition coefficient (Wildman–Crippen LogP) is 0.691. The lowest BCUT2D eigenvalue weighted by Gasteiger charge is -2.22. The molecule has 2 aliphatic heterocycles. The first-order valence-electron chi connectivity index (χ1n) is 6.50. The Kier molecular flexibility index (Phi) is 4.76. The largest absolute Gasteiger partial charge is 0.429 e. The van der Waals surface area contributed by atoms with Crippen molar-refractivity contribution in [3.63, 3.8) is 0 Å². The summed E-state index contributed by atoms with van der Waals surface area (Å²) in [6.07, 6.45) is -2.70. The lowest BCUT2D eigenvalue weighted by Crippen LogP contribution is -2.37. The highest BCUT2D eigenvalue weighted by Crippen LogP contribution is 2.26. The summed E-state index contributed by atoms with van der Waals surface area (Å²) < 4.78 is 25.9. The Morgan fingerprint density at radius 3 is 1.52 bits per heavy atom. The van der Waals surface area contributed by atoms with Crippen LogP contribution in [-0.4, -0.2) is 49.9 Å². The number of carbonyl (C=O) groups excluding carboxylic acids is 2. The maximum absolute atomic E-state index is 11.6. The van der Waals surface area contributed by atoms with Crippen LogP contribution in [0.4, 0.5) is 0 Å². The second kappa shape index (κ2) is 6.38. The highest BCUT2D eigenvalue weighted by Gasteiger charge is 2.44. The third-order valence-electron chi connectivity index (χ3n) is 2.74. The van der Waals surface area contributed by atoms with E-state index in [2.05, 4.69) is 13.2 Å². The van der Waals surface area contributed by atoms with Crippen LogP contribution >= 0.6 is 0 Å². The normalized spacial score (nSPS) is 25.4. The molecule has 21 heavy (non-hydrogen) atoms. The van der Waals surface area contributed by atoms with Gasteiger partial charge < -0.3 is 18.9 Å². The van der Waals surface area contributed by atoms with Crippen LogP contribution in [0.15, 0.2) is 24.3 Å². The van der Waals surface area contributed by atoms with E-state index in [0.29, 0.717) is 13.2 Å². The molecule has 2 aliphatic rings. The minimum atomic E-state index is -0.971. The fourth-order valence-electron chi connectivity index (χ4n) is 1.35. The third-order valence-corrected chi connectivity index (χ3v) is 2.74. The minimum absolute atomic E-state index is 0.238. The van der Waals surface area contributed by atoms with Crippen molar-refractivity contribution in [1.82, 2.24) is 0 Å². The van der Waals surface area contributed by atoms with Crippen molar-refractivity contribution >= 4 is 11.9 Å². The molecular weight excluding hydrogens is 280 g/mol. The summed E-state index contributed by atoms with van der Waals surface area (Å²) >= 11 is 0.